The highest BCUT2D eigenvalue weighted by Gasteiger charge is 2.29. The lowest BCUT2D eigenvalue weighted by Crippen LogP contribution is -2.51. The summed E-state index contributed by atoms with van der Waals surface area (Å²) in [5, 5.41) is 2.73. The van der Waals surface area contributed by atoms with Crippen molar-refractivity contribution in [3.05, 3.63) is 36.3 Å². The summed E-state index contributed by atoms with van der Waals surface area (Å²) in [4.78, 5) is 43.7. The Labute approximate surface area is 183 Å². The van der Waals surface area contributed by atoms with Crippen LogP contribution >= 0.6 is 0 Å². The summed E-state index contributed by atoms with van der Waals surface area (Å²) in [7, 11) is 0. The van der Waals surface area contributed by atoms with Crippen molar-refractivity contribution in [1.82, 2.24) is 14.8 Å². The summed E-state index contributed by atoms with van der Waals surface area (Å²) in [5.74, 6) is -0.188. The monoisotopic (exact) mass is 432 g/mol. The fourth-order valence-electron chi connectivity index (χ4n) is 2.76. The van der Waals surface area contributed by atoms with E-state index in [1.165, 1.54) is 4.90 Å². The number of allylic oxidation sites excluding steroid dienone is 1. The van der Waals surface area contributed by atoms with Gasteiger partial charge in [-0.3, -0.25) is 20.0 Å². The van der Waals surface area contributed by atoms with Gasteiger partial charge in [0, 0.05) is 31.7 Å². The number of rotatable bonds is 4. The SMILES string of the molecule is CC(C)(C)OC(=O)Nc1ccncc1CC=CN1CCN(C(=O)OC(C)(C)C)CC1=O. The first kappa shape index (κ1) is 24.2. The number of aromatic nitrogens is 1. The Morgan fingerprint density at radius 2 is 1.81 bits per heavy atom. The van der Waals surface area contributed by atoms with Crippen LogP contribution in [0.4, 0.5) is 15.3 Å². The summed E-state index contributed by atoms with van der Waals surface area (Å²) < 4.78 is 10.6. The maximum absolute atomic E-state index is 12.4. The average Bonchev–Trinajstić information content (AvgIpc) is 2.61. The van der Waals surface area contributed by atoms with E-state index in [4.69, 9.17) is 9.47 Å². The Kier molecular flexibility index (Phi) is 7.65. The zero-order valence-electron chi connectivity index (χ0n) is 19.1. The Balaban J connectivity index is 1.93. The molecule has 0 unspecified atom stereocenters. The minimum absolute atomic E-state index is 0.0302. The highest BCUT2D eigenvalue weighted by molar-refractivity contribution is 5.86. The van der Waals surface area contributed by atoms with Gasteiger partial charge in [0.1, 0.15) is 17.7 Å². The lowest BCUT2D eigenvalue weighted by molar-refractivity contribution is -0.132. The summed E-state index contributed by atoms with van der Waals surface area (Å²) in [6.07, 6.45) is 6.17. The number of carbonyl (C=O) groups is 3. The van der Waals surface area contributed by atoms with Crippen molar-refractivity contribution in [2.75, 3.05) is 25.0 Å². The molecule has 1 saturated heterocycles. The van der Waals surface area contributed by atoms with E-state index in [0.717, 1.165) is 5.56 Å². The number of anilines is 1. The first-order valence-corrected chi connectivity index (χ1v) is 10.2. The number of piperazine rings is 1. The van der Waals surface area contributed by atoms with Crippen LogP contribution in [-0.4, -0.2) is 63.7 Å². The minimum atomic E-state index is -0.605. The van der Waals surface area contributed by atoms with Crippen molar-refractivity contribution >= 4 is 23.8 Å². The molecule has 1 fully saturated rings. The van der Waals surface area contributed by atoms with E-state index >= 15 is 0 Å². The molecule has 1 aromatic rings. The Morgan fingerprint density at radius 1 is 1.13 bits per heavy atom. The van der Waals surface area contributed by atoms with Gasteiger partial charge in [-0.2, -0.15) is 0 Å². The molecule has 2 heterocycles. The fourth-order valence-corrected chi connectivity index (χ4v) is 2.76. The first-order chi connectivity index (χ1) is 14.3. The van der Waals surface area contributed by atoms with Crippen LogP contribution in [0.1, 0.15) is 47.1 Å². The first-order valence-electron chi connectivity index (χ1n) is 10.2. The number of hydrogen-bond donors (Lipinski definition) is 1. The molecule has 0 bridgehead atoms. The van der Waals surface area contributed by atoms with E-state index in [0.29, 0.717) is 25.2 Å². The fraction of sp³-hybridized carbons (Fsp3) is 0.545. The molecule has 0 aromatic carbocycles. The third-order valence-electron chi connectivity index (χ3n) is 4.07. The molecule has 9 nitrogen and oxygen atoms in total. The molecule has 170 valence electrons. The summed E-state index contributed by atoms with van der Waals surface area (Å²) in [6, 6.07) is 1.69. The smallest absolute Gasteiger partial charge is 0.412 e. The maximum atomic E-state index is 12.4. The van der Waals surface area contributed by atoms with Gasteiger partial charge < -0.3 is 14.4 Å². The second-order valence-corrected chi connectivity index (χ2v) is 9.24. The summed E-state index contributed by atoms with van der Waals surface area (Å²) >= 11 is 0. The van der Waals surface area contributed by atoms with Gasteiger partial charge in [0.2, 0.25) is 5.91 Å². The zero-order chi connectivity index (χ0) is 23.2. The topological polar surface area (TPSA) is 101 Å². The molecule has 1 aliphatic heterocycles. The Morgan fingerprint density at radius 3 is 2.42 bits per heavy atom. The molecule has 2 rings (SSSR count). The van der Waals surface area contributed by atoms with Gasteiger partial charge in [0.05, 0.1) is 5.69 Å². The standard InChI is InChI=1S/C22H32N4O5/c1-21(2,3)30-19(28)24-17-9-10-23-14-16(17)8-7-11-25-12-13-26(15-18(25)27)20(29)31-22(4,5)6/h7,9-11,14H,8,12-13,15H2,1-6H3,(H,23,24,28). The van der Waals surface area contributed by atoms with E-state index in [9.17, 15) is 14.4 Å². The van der Waals surface area contributed by atoms with Crippen LogP contribution < -0.4 is 5.32 Å². The maximum Gasteiger partial charge on any atom is 0.412 e. The number of carbonyl (C=O) groups excluding carboxylic acids is 3. The largest absolute Gasteiger partial charge is 0.444 e. The molecule has 3 amide bonds. The lowest BCUT2D eigenvalue weighted by atomic mass is 10.1. The van der Waals surface area contributed by atoms with Crippen molar-refractivity contribution in [1.29, 1.82) is 0 Å². The van der Waals surface area contributed by atoms with Crippen molar-refractivity contribution in [3.63, 3.8) is 0 Å². The van der Waals surface area contributed by atoms with Crippen LogP contribution in [0.3, 0.4) is 0 Å². The number of hydrogen-bond acceptors (Lipinski definition) is 6. The number of pyridine rings is 1. The number of nitrogens with zero attached hydrogens (tertiary/aromatic N) is 3. The predicted octanol–water partition coefficient (Wildman–Crippen LogP) is 3.56. The van der Waals surface area contributed by atoms with E-state index in [1.54, 1.807) is 71.1 Å². The van der Waals surface area contributed by atoms with Gasteiger partial charge in [-0.25, -0.2) is 9.59 Å². The number of amides is 3. The van der Waals surface area contributed by atoms with E-state index < -0.39 is 23.4 Å². The highest BCUT2D eigenvalue weighted by atomic mass is 16.6. The molecule has 0 saturated carbocycles. The van der Waals surface area contributed by atoms with Crippen molar-refractivity contribution in [3.8, 4) is 0 Å². The second kappa shape index (κ2) is 9.80. The lowest BCUT2D eigenvalue weighted by Gasteiger charge is -2.33. The van der Waals surface area contributed by atoms with Gasteiger partial charge in [-0.15, -0.1) is 0 Å². The normalized spacial score (nSPS) is 15.2. The minimum Gasteiger partial charge on any atom is -0.444 e. The van der Waals surface area contributed by atoms with E-state index in [1.807, 2.05) is 6.08 Å². The van der Waals surface area contributed by atoms with Gasteiger partial charge in [-0.1, -0.05) is 6.08 Å². The third-order valence-corrected chi connectivity index (χ3v) is 4.07. The van der Waals surface area contributed by atoms with Crippen LogP contribution in [-0.2, 0) is 20.7 Å². The van der Waals surface area contributed by atoms with Crippen LogP contribution in [0.15, 0.2) is 30.7 Å². The molecule has 9 heteroatoms. The Hall–Kier alpha value is -3.10. The molecule has 0 atom stereocenters. The zero-order valence-corrected chi connectivity index (χ0v) is 19.1. The third kappa shape index (κ3) is 8.27. The van der Waals surface area contributed by atoms with Crippen LogP contribution in [0, 0.1) is 0 Å². The molecule has 0 aliphatic carbocycles. The number of ether oxygens (including phenoxy) is 2. The second-order valence-electron chi connectivity index (χ2n) is 9.24. The molecule has 31 heavy (non-hydrogen) atoms. The molecular weight excluding hydrogens is 400 g/mol. The average molecular weight is 433 g/mol. The molecule has 1 aromatic heterocycles. The van der Waals surface area contributed by atoms with Crippen molar-refractivity contribution in [2.24, 2.45) is 0 Å². The van der Waals surface area contributed by atoms with Crippen LogP contribution in [0.2, 0.25) is 0 Å². The highest BCUT2D eigenvalue weighted by Crippen LogP contribution is 2.17. The van der Waals surface area contributed by atoms with Crippen molar-refractivity contribution in [2.45, 2.75) is 59.2 Å². The van der Waals surface area contributed by atoms with Gasteiger partial charge in [0.15, 0.2) is 0 Å². The van der Waals surface area contributed by atoms with E-state index in [-0.39, 0.29) is 12.5 Å². The Bertz CT molecular complexity index is 839. The van der Waals surface area contributed by atoms with Crippen molar-refractivity contribution < 1.29 is 23.9 Å². The molecular formula is C22H32N4O5. The molecule has 0 spiro atoms. The molecule has 0 radical (unpaired) electrons. The summed E-state index contributed by atoms with van der Waals surface area (Å²) in [6.45, 7) is 11.5. The number of nitrogens with one attached hydrogen (secondary N) is 1. The quantitative estimate of drug-likeness (QED) is 0.781. The van der Waals surface area contributed by atoms with Gasteiger partial charge in [-0.05, 0) is 59.6 Å². The van der Waals surface area contributed by atoms with Crippen LogP contribution in [0.25, 0.3) is 0 Å². The van der Waals surface area contributed by atoms with Gasteiger partial charge in [0.25, 0.3) is 0 Å². The molecule has 1 N–H and O–H groups in total. The van der Waals surface area contributed by atoms with Gasteiger partial charge >= 0.3 is 12.2 Å². The van der Waals surface area contributed by atoms with E-state index in [2.05, 4.69) is 10.3 Å². The predicted molar refractivity (Wildman–Crippen MR) is 116 cm³/mol. The van der Waals surface area contributed by atoms with Crippen LogP contribution in [0.5, 0.6) is 0 Å². The summed E-state index contributed by atoms with van der Waals surface area (Å²) in [5.41, 5.74) is 0.171. The molecule has 1 aliphatic rings.